The van der Waals surface area contributed by atoms with E-state index in [-0.39, 0.29) is 6.42 Å². The molecule has 1 rings (SSSR count). The van der Waals surface area contributed by atoms with Crippen LogP contribution in [0.2, 0.25) is 0 Å². The highest BCUT2D eigenvalue weighted by atomic mass is 19.4. The molecule has 0 radical (unpaired) electrons. The Bertz CT molecular complexity index is 396. The van der Waals surface area contributed by atoms with Crippen molar-refractivity contribution in [3.63, 3.8) is 0 Å². The molecule has 0 aliphatic rings. The van der Waals surface area contributed by atoms with Gasteiger partial charge in [-0.05, 0) is 24.1 Å². The highest BCUT2D eigenvalue weighted by Gasteiger charge is 2.46. The number of rotatable bonds is 2. The minimum Gasteiger partial charge on any atom is -0.192 e. The van der Waals surface area contributed by atoms with Gasteiger partial charge in [0.1, 0.15) is 0 Å². The predicted molar refractivity (Wildman–Crippen MR) is 54.7 cm³/mol. The molecule has 4 heteroatoms. The molecule has 1 nitrogen and oxygen atoms in total. The number of halogens is 3. The molecule has 1 aromatic carbocycles. The summed E-state index contributed by atoms with van der Waals surface area (Å²) in [4.78, 5) is 0. The SMILES string of the molecule is CC(C)(Cc1ccc(C#N)cc1)C(F)(F)F. The van der Waals surface area contributed by atoms with Gasteiger partial charge < -0.3 is 0 Å². The van der Waals surface area contributed by atoms with Crippen LogP contribution in [0.25, 0.3) is 0 Å². The molecule has 0 saturated heterocycles. The van der Waals surface area contributed by atoms with Crippen LogP contribution in [0.5, 0.6) is 0 Å². The van der Waals surface area contributed by atoms with Crippen LogP contribution in [0.3, 0.4) is 0 Å². The quantitative estimate of drug-likeness (QED) is 0.755. The number of alkyl halides is 3. The molecule has 86 valence electrons. The van der Waals surface area contributed by atoms with Crippen molar-refractivity contribution in [2.24, 2.45) is 5.41 Å². The molecule has 0 saturated carbocycles. The lowest BCUT2D eigenvalue weighted by molar-refractivity contribution is -0.211. The van der Waals surface area contributed by atoms with Crippen molar-refractivity contribution >= 4 is 0 Å². The molecule has 0 atom stereocenters. The van der Waals surface area contributed by atoms with Gasteiger partial charge >= 0.3 is 6.18 Å². The van der Waals surface area contributed by atoms with Crippen molar-refractivity contribution in [2.75, 3.05) is 0 Å². The number of nitrogens with zero attached hydrogens (tertiary/aromatic N) is 1. The van der Waals surface area contributed by atoms with E-state index in [4.69, 9.17) is 5.26 Å². The minimum atomic E-state index is -4.22. The molecule has 0 aromatic heterocycles. The van der Waals surface area contributed by atoms with Crippen LogP contribution in [0.1, 0.15) is 25.0 Å². The van der Waals surface area contributed by atoms with Gasteiger partial charge in [-0.25, -0.2) is 0 Å². The molecule has 0 aliphatic heterocycles. The van der Waals surface area contributed by atoms with Gasteiger partial charge in [0.15, 0.2) is 0 Å². The van der Waals surface area contributed by atoms with Crippen molar-refractivity contribution in [2.45, 2.75) is 26.4 Å². The van der Waals surface area contributed by atoms with Gasteiger partial charge in [-0.3, -0.25) is 0 Å². The molecule has 0 bridgehead atoms. The Morgan fingerprint density at radius 3 is 2.00 bits per heavy atom. The zero-order chi connectivity index (χ0) is 12.4. The fraction of sp³-hybridized carbons (Fsp3) is 0.417. The lowest BCUT2D eigenvalue weighted by Gasteiger charge is -2.27. The van der Waals surface area contributed by atoms with E-state index in [2.05, 4.69) is 0 Å². The van der Waals surface area contributed by atoms with Crippen LogP contribution >= 0.6 is 0 Å². The lowest BCUT2D eigenvalue weighted by atomic mass is 9.85. The van der Waals surface area contributed by atoms with E-state index >= 15 is 0 Å². The first-order chi connectivity index (χ1) is 7.26. The van der Waals surface area contributed by atoms with E-state index in [1.807, 2.05) is 6.07 Å². The van der Waals surface area contributed by atoms with Gasteiger partial charge in [0.25, 0.3) is 0 Å². The summed E-state index contributed by atoms with van der Waals surface area (Å²) in [6, 6.07) is 8.11. The van der Waals surface area contributed by atoms with Crippen molar-refractivity contribution in [3.8, 4) is 6.07 Å². The van der Waals surface area contributed by atoms with E-state index in [9.17, 15) is 13.2 Å². The smallest absolute Gasteiger partial charge is 0.192 e. The normalized spacial score (nSPS) is 12.2. The van der Waals surface area contributed by atoms with Crippen molar-refractivity contribution in [1.82, 2.24) is 0 Å². The maximum absolute atomic E-state index is 12.6. The second-order valence-electron chi connectivity index (χ2n) is 4.37. The summed E-state index contributed by atoms with van der Waals surface area (Å²) in [6.07, 6.45) is -4.30. The average Bonchev–Trinajstić information content (AvgIpc) is 2.16. The molecule has 0 amide bonds. The average molecular weight is 227 g/mol. The van der Waals surface area contributed by atoms with Crippen LogP contribution in [0, 0.1) is 16.7 Å². The van der Waals surface area contributed by atoms with Crippen molar-refractivity contribution < 1.29 is 13.2 Å². The molecule has 0 N–H and O–H groups in total. The molecule has 16 heavy (non-hydrogen) atoms. The fourth-order valence-electron chi connectivity index (χ4n) is 1.31. The predicted octanol–water partition coefficient (Wildman–Crippen LogP) is 3.69. The first-order valence-electron chi connectivity index (χ1n) is 4.82. The summed E-state index contributed by atoms with van der Waals surface area (Å²) in [5.74, 6) is 0. The van der Waals surface area contributed by atoms with Crippen molar-refractivity contribution in [1.29, 1.82) is 5.26 Å². The standard InChI is InChI=1S/C12H12F3N/c1-11(2,12(13,14)15)7-9-3-5-10(8-16)6-4-9/h3-6H,7H2,1-2H3. The third-order valence-corrected chi connectivity index (χ3v) is 2.50. The van der Waals surface area contributed by atoms with Crippen LogP contribution in [-0.4, -0.2) is 6.18 Å². The number of benzene rings is 1. The summed E-state index contributed by atoms with van der Waals surface area (Å²) < 4.78 is 37.8. The molecule has 0 unspecified atom stereocenters. The van der Waals surface area contributed by atoms with Crippen LogP contribution in [-0.2, 0) is 6.42 Å². The molecular weight excluding hydrogens is 215 g/mol. The molecule has 0 heterocycles. The molecule has 1 aromatic rings. The summed E-state index contributed by atoms with van der Waals surface area (Å²) in [6.45, 7) is 2.34. The van der Waals surface area contributed by atoms with E-state index < -0.39 is 11.6 Å². The maximum atomic E-state index is 12.6. The highest BCUT2D eigenvalue weighted by Crippen LogP contribution is 2.40. The van der Waals surface area contributed by atoms with Gasteiger partial charge in [0, 0.05) is 0 Å². The van der Waals surface area contributed by atoms with Gasteiger partial charge in [0.2, 0.25) is 0 Å². The van der Waals surface area contributed by atoms with Gasteiger partial charge in [-0.2, -0.15) is 18.4 Å². The van der Waals surface area contributed by atoms with Crippen LogP contribution in [0.4, 0.5) is 13.2 Å². The zero-order valence-corrected chi connectivity index (χ0v) is 9.10. The fourth-order valence-corrected chi connectivity index (χ4v) is 1.31. The van der Waals surface area contributed by atoms with Crippen LogP contribution < -0.4 is 0 Å². The number of hydrogen-bond donors (Lipinski definition) is 0. The van der Waals surface area contributed by atoms with E-state index in [1.54, 1.807) is 12.1 Å². The minimum absolute atomic E-state index is 0.0811. The van der Waals surface area contributed by atoms with Crippen LogP contribution in [0.15, 0.2) is 24.3 Å². The molecule has 0 fully saturated rings. The first kappa shape index (κ1) is 12.6. The lowest BCUT2D eigenvalue weighted by Crippen LogP contribution is -2.34. The summed E-state index contributed by atoms with van der Waals surface area (Å²) in [5.41, 5.74) is -0.712. The van der Waals surface area contributed by atoms with Gasteiger partial charge in [-0.15, -0.1) is 0 Å². The molecule has 0 spiro atoms. The third-order valence-electron chi connectivity index (χ3n) is 2.50. The second-order valence-corrected chi connectivity index (χ2v) is 4.37. The second kappa shape index (κ2) is 4.17. The highest BCUT2D eigenvalue weighted by molar-refractivity contribution is 5.32. The Labute approximate surface area is 92.5 Å². The third kappa shape index (κ3) is 2.75. The Morgan fingerprint density at radius 2 is 1.62 bits per heavy atom. The number of hydrogen-bond acceptors (Lipinski definition) is 1. The Morgan fingerprint density at radius 1 is 1.12 bits per heavy atom. The van der Waals surface area contributed by atoms with E-state index in [0.29, 0.717) is 11.1 Å². The summed E-state index contributed by atoms with van der Waals surface area (Å²) >= 11 is 0. The topological polar surface area (TPSA) is 23.8 Å². The molecular formula is C12H12F3N. The Balaban J connectivity index is 2.85. The van der Waals surface area contributed by atoms with E-state index in [1.165, 1.54) is 26.0 Å². The first-order valence-corrected chi connectivity index (χ1v) is 4.82. The molecule has 0 aliphatic carbocycles. The van der Waals surface area contributed by atoms with Gasteiger partial charge in [-0.1, -0.05) is 26.0 Å². The summed E-state index contributed by atoms with van der Waals surface area (Å²) in [7, 11) is 0. The number of nitriles is 1. The summed E-state index contributed by atoms with van der Waals surface area (Å²) in [5, 5.41) is 8.56. The zero-order valence-electron chi connectivity index (χ0n) is 9.10. The maximum Gasteiger partial charge on any atom is 0.394 e. The Kier molecular flexibility index (Phi) is 3.27. The van der Waals surface area contributed by atoms with Crippen molar-refractivity contribution in [3.05, 3.63) is 35.4 Å². The monoisotopic (exact) mass is 227 g/mol. The van der Waals surface area contributed by atoms with E-state index in [0.717, 1.165) is 0 Å². The Hall–Kier alpha value is -1.50. The largest absolute Gasteiger partial charge is 0.394 e. The van der Waals surface area contributed by atoms with Gasteiger partial charge in [0.05, 0.1) is 17.0 Å².